The van der Waals surface area contributed by atoms with Gasteiger partial charge >= 0.3 is 17.9 Å². The van der Waals surface area contributed by atoms with Crippen LogP contribution >= 0.6 is 0 Å². The average Bonchev–Trinajstić information content (AvgIpc) is 3.30. The van der Waals surface area contributed by atoms with E-state index < -0.39 is 121 Å². The number of rotatable bonds is 16. The van der Waals surface area contributed by atoms with Gasteiger partial charge in [-0.3, -0.25) is 19.4 Å². The number of carbonyl (C=O) groups excluding carboxylic acids is 4. The molecule has 3 aliphatic rings. The van der Waals surface area contributed by atoms with E-state index in [0.29, 0.717) is 25.8 Å². The molecule has 0 radical (unpaired) electrons. The summed E-state index contributed by atoms with van der Waals surface area (Å²) in [5.41, 5.74) is 0.512. The van der Waals surface area contributed by atoms with E-state index in [4.69, 9.17) is 37.9 Å². The van der Waals surface area contributed by atoms with Gasteiger partial charge in [-0.2, -0.15) is 0 Å². The lowest BCUT2D eigenvalue weighted by molar-refractivity contribution is -0.344. The van der Waals surface area contributed by atoms with Crippen molar-refractivity contribution in [2.75, 3.05) is 41.3 Å². The van der Waals surface area contributed by atoms with Gasteiger partial charge in [-0.15, -0.1) is 0 Å². The molecule has 0 aliphatic carbocycles. The van der Waals surface area contributed by atoms with Crippen LogP contribution in [0.4, 0.5) is 0 Å². The van der Waals surface area contributed by atoms with Crippen molar-refractivity contribution in [3.8, 4) is 0 Å². The Hall–Kier alpha value is -3.95. The van der Waals surface area contributed by atoms with Gasteiger partial charge in [0.25, 0.3) is 0 Å². The molecule has 70 heavy (non-hydrogen) atoms. The molecule has 3 N–H and O–H groups in total. The molecule has 18 nitrogen and oxygen atoms in total. The van der Waals surface area contributed by atoms with Crippen molar-refractivity contribution < 1.29 is 72.4 Å². The predicted molar refractivity (Wildman–Crippen MR) is 258 cm³/mol. The van der Waals surface area contributed by atoms with E-state index in [1.807, 2.05) is 61.4 Å². The van der Waals surface area contributed by atoms with Crippen molar-refractivity contribution in [3.05, 3.63) is 54.2 Å². The molecule has 1 aromatic carbocycles. The number of aliphatic hydroxyl groups excluding tert-OH is 2. The van der Waals surface area contributed by atoms with E-state index in [9.17, 15) is 34.5 Å². The number of hydrogen-bond donors (Lipinski definition) is 3. The summed E-state index contributed by atoms with van der Waals surface area (Å²) in [4.78, 5) is 60.4. The molecular formula is C52H79N3O15. The minimum absolute atomic E-state index is 0.0194. The third-order valence-electron chi connectivity index (χ3n) is 13.8. The number of benzene rings is 1. The molecule has 0 saturated carbocycles. The fourth-order valence-electron chi connectivity index (χ4n) is 10.0. The lowest BCUT2D eigenvalue weighted by Crippen LogP contribution is -2.66. The Morgan fingerprint density at radius 1 is 0.986 bits per heavy atom. The van der Waals surface area contributed by atoms with Crippen LogP contribution in [0.2, 0.25) is 0 Å². The lowest BCUT2D eigenvalue weighted by Gasteiger charge is -2.50. The smallest absolute Gasteiger partial charge is 0.310 e. The summed E-state index contributed by atoms with van der Waals surface area (Å²) in [6.45, 7) is 10.9. The maximum atomic E-state index is 14.2. The number of para-hydroxylation sites is 1. The molecule has 2 fully saturated rings. The third kappa shape index (κ3) is 15.3. The van der Waals surface area contributed by atoms with Gasteiger partial charge in [0.15, 0.2) is 18.7 Å². The number of cyclic esters (lactones) is 1. The predicted octanol–water partition coefficient (Wildman–Crippen LogP) is 4.30. The van der Waals surface area contributed by atoms with E-state index in [2.05, 4.69) is 4.98 Å². The number of esters is 3. The molecule has 3 aliphatic heterocycles. The molecule has 392 valence electrons. The van der Waals surface area contributed by atoms with Crippen LogP contribution in [0.1, 0.15) is 98.5 Å². The monoisotopic (exact) mass is 986 g/mol. The minimum atomic E-state index is -1.51. The van der Waals surface area contributed by atoms with Gasteiger partial charge in [0.2, 0.25) is 0 Å². The highest BCUT2D eigenvalue weighted by molar-refractivity contribution is 5.81. The summed E-state index contributed by atoms with van der Waals surface area (Å²) in [7, 11) is 6.79. The van der Waals surface area contributed by atoms with Crippen LogP contribution in [0.3, 0.4) is 0 Å². The normalized spacial score (nSPS) is 35.7. The van der Waals surface area contributed by atoms with Crippen LogP contribution in [0.5, 0.6) is 0 Å². The second kappa shape index (κ2) is 26.7. The van der Waals surface area contributed by atoms with Gasteiger partial charge in [-0.05, 0) is 103 Å². The van der Waals surface area contributed by atoms with E-state index in [-0.39, 0.29) is 38.6 Å². The van der Waals surface area contributed by atoms with Gasteiger partial charge in [0.1, 0.15) is 42.4 Å². The SMILES string of the molecule is CCC(=O)O[C@@H]1CC(=O)O[C@@H](CCCc2ccnc3ccccc23)/C=C/CN(C)C[C@H](O)[C@H](C)C[C@H](CC=O)[C@H](O[C@@H]2OC(C)[C@@H](O[C@H]3CC(C)(O)[C@@H](OC(=O)CC)C(C)O3)C(N(C)C)C2O)[C@H]1OC. The van der Waals surface area contributed by atoms with Gasteiger partial charge in [0, 0.05) is 57.5 Å². The number of hydrogen-bond acceptors (Lipinski definition) is 18. The lowest BCUT2D eigenvalue weighted by atomic mass is 9.82. The van der Waals surface area contributed by atoms with Crippen molar-refractivity contribution in [1.29, 1.82) is 0 Å². The summed E-state index contributed by atoms with van der Waals surface area (Å²) in [5, 5.41) is 36.4. The molecule has 1 aromatic heterocycles. The van der Waals surface area contributed by atoms with Gasteiger partial charge in [-0.1, -0.05) is 45.0 Å². The number of pyridine rings is 1. The standard InChI is InChI=1S/C52H79N3O15/c1-11-41(58)67-40-28-43(60)66-36(18-15-17-34-22-24-53-38-21-14-13-20-37(34)38)19-16-25-55(9)30-39(57)31(3)27-35(23-26-56)48(49(40)63-10)70-51-46(61)45(54(7)8)47(32(4)65-51)69-44-29-52(6,62)50(33(5)64-44)68-42(59)12-2/h13-14,16,19-22,24,26,31-33,35-36,39-40,44-51,57,61-62H,11-12,15,17-18,23,25,27-30H2,1-10H3/b19-16+/t31-,32?,33?,35+,36+,39+,40-,44+,45?,46?,47-,48+,49+,50+,51+,52?/m1/s1. The first-order valence-corrected chi connectivity index (χ1v) is 24.9. The number of methoxy groups -OCH3 is 1. The summed E-state index contributed by atoms with van der Waals surface area (Å²) >= 11 is 0. The number of aliphatic hydroxyl groups is 3. The van der Waals surface area contributed by atoms with E-state index in [1.54, 1.807) is 59.8 Å². The summed E-state index contributed by atoms with van der Waals surface area (Å²) in [5.74, 6) is -2.85. The average molecular weight is 986 g/mol. The van der Waals surface area contributed by atoms with Crippen LogP contribution < -0.4 is 0 Å². The quantitative estimate of drug-likeness (QED) is 0.0923. The Balaban J connectivity index is 1.44. The zero-order valence-corrected chi connectivity index (χ0v) is 42.7. The van der Waals surface area contributed by atoms with Crippen molar-refractivity contribution in [1.82, 2.24) is 14.8 Å². The highest BCUT2D eigenvalue weighted by Gasteiger charge is 2.53. The van der Waals surface area contributed by atoms with Crippen molar-refractivity contribution in [3.63, 3.8) is 0 Å². The van der Waals surface area contributed by atoms with E-state index >= 15 is 0 Å². The second-order valence-electron chi connectivity index (χ2n) is 19.7. The molecule has 2 saturated heterocycles. The fraction of sp³-hybridized carbons (Fsp3) is 0.712. The first-order valence-electron chi connectivity index (χ1n) is 24.9. The number of aromatic nitrogens is 1. The van der Waals surface area contributed by atoms with Gasteiger partial charge in [0.05, 0.1) is 42.4 Å². The zero-order chi connectivity index (χ0) is 51.3. The molecule has 0 bridgehead atoms. The third-order valence-corrected chi connectivity index (χ3v) is 13.8. The Kier molecular flexibility index (Phi) is 21.7. The first kappa shape index (κ1) is 57.0. The largest absolute Gasteiger partial charge is 0.459 e. The van der Waals surface area contributed by atoms with E-state index in [0.717, 1.165) is 22.8 Å². The second-order valence-corrected chi connectivity index (χ2v) is 19.7. The molecule has 18 heteroatoms. The molecule has 2 aromatic rings. The number of aldehydes is 1. The summed E-state index contributed by atoms with van der Waals surface area (Å²) in [6, 6.07) is 9.12. The Bertz CT molecular complexity index is 2010. The van der Waals surface area contributed by atoms with Gasteiger partial charge in [-0.25, -0.2) is 0 Å². The molecule has 5 unspecified atom stereocenters. The molecule has 5 rings (SSSR count). The number of likely N-dealkylation sites (N-methyl/N-ethyl adjacent to an activating group) is 2. The number of nitrogens with zero attached hydrogens (tertiary/aromatic N) is 3. The summed E-state index contributed by atoms with van der Waals surface area (Å²) in [6.07, 6.45) is -4.32. The highest BCUT2D eigenvalue weighted by Crippen LogP contribution is 2.38. The number of ether oxygens (including phenoxy) is 8. The van der Waals surface area contributed by atoms with Crippen LogP contribution in [-0.4, -0.2) is 181 Å². The first-order chi connectivity index (χ1) is 33.3. The van der Waals surface area contributed by atoms with Crippen LogP contribution in [0, 0.1) is 11.8 Å². The van der Waals surface area contributed by atoms with Crippen molar-refractivity contribution in [2.24, 2.45) is 11.8 Å². The van der Waals surface area contributed by atoms with E-state index in [1.165, 1.54) is 7.11 Å². The zero-order valence-electron chi connectivity index (χ0n) is 42.7. The number of aryl methyl sites for hydroxylation is 1. The molecule has 0 amide bonds. The topological polar surface area (TPSA) is 222 Å². The highest BCUT2D eigenvalue weighted by atomic mass is 16.7. The molecular weight excluding hydrogens is 907 g/mol. The maximum absolute atomic E-state index is 14.2. The van der Waals surface area contributed by atoms with Gasteiger partial charge < -0.3 is 67.8 Å². The number of carbonyl (C=O) groups is 4. The van der Waals surface area contributed by atoms with Crippen LogP contribution in [0.15, 0.2) is 48.7 Å². The molecule has 16 atom stereocenters. The number of fused-ring (bicyclic) bond motifs is 1. The minimum Gasteiger partial charge on any atom is -0.459 e. The van der Waals surface area contributed by atoms with Crippen LogP contribution in [0.25, 0.3) is 10.9 Å². The summed E-state index contributed by atoms with van der Waals surface area (Å²) < 4.78 is 49.8. The Morgan fingerprint density at radius 2 is 1.70 bits per heavy atom. The maximum Gasteiger partial charge on any atom is 0.310 e. The Morgan fingerprint density at radius 3 is 2.37 bits per heavy atom. The Labute approximate surface area is 413 Å². The van der Waals surface area contributed by atoms with Crippen molar-refractivity contribution in [2.45, 2.75) is 185 Å². The van der Waals surface area contributed by atoms with Crippen LogP contribution in [-0.2, 0) is 63.5 Å². The molecule has 4 heterocycles. The number of β-amino-alcohol motifs (C(OH)–C–C–N with tert-alkyl or cyclic N) is 1. The molecule has 0 spiro atoms. The van der Waals surface area contributed by atoms with Crippen molar-refractivity contribution >= 4 is 35.1 Å². The fourth-order valence-corrected chi connectivity index (χ4v) is 10.0.